The number of likely N-dealkylation sites (N-methyl/N-ethyl adjacent to an activating group) is 1. The van der Waals surface area contributed by atoms with Gasteiger partial charge in [0.05, 0.1) is 7.11 Å². The summed E-state index contributed by atoms with van der Waals surface area (Å²) >= 11 is 0. The van der Waals surface area contributed by atoms with E-state index in [1.807, 2.05) is 0 Å². The number of benzene rings is 1. The number of ketones is 1. The molecule has 0 radical (unpaired) electrons. The van der Waals surface area contributed by atoms with Crippen LogP contribution in [0.5, 0.6) is 17.2 Å². The van der Waals surface area contributed by atoms with Crippen molar-refractivity contribution in [3.05, 3.63) is 40.5 Å². The van der Waals surface area contributed by atoms with E-state index in [2.05, 4.69) is 57.9 Å². The second kappa shape index (κ2) is 9.69. The number of ether oxygens (including phenoxy) is 3. The van der Waals surface area contributed by atoms with E-state index >= 15 is 0 Å². The third-order valence-corrected chi connectivity index (χ3v) is 6.02. The molecule has 5 nitrogen and oxygen atoms in total. The molecule has 2 aliphatic heterocycles. The van der Waals surface area contributed by atoms with Gasteiger partial charge in [0.25, 0.3) is 0 Å². The van der Waals surface area contributed by atoms with E-state index in [9.17, 15) is 4.79 Å². The zero-order valence-corrected chi connectivity index (χ0v) is 19.2. The molecule has 1 atom stereocenters. The molecule has 164 valence electrons. The normalized spacial score (nSPS) is 17.5. The van der Waals surface area contributed by atoms with Gasteiger partial charge >= 0.3 is 0 Å². The molecule has 1 unspecified atom stereocenters. The van der Waals surface area contributed by atoms with E-state index in [1.165, 1.54) is 16.7 Å². The number of nitrogens with zero attached hydrogens (tertiary/aromatic N) is 1. The number of fused-ring (bicyclic) bond motifs is 2. The second-order valence-electron chi connectivity index (χ2n) is 8.86. The fourth-order valence-corrected chi connectivity index (χ4v) is 4.26. The lowest BCUT2D eigenvalue weighted by molar-refractivity contribution is -0.124. The average Bonchev–Trinajstić information content (AvgIpc) is 3.16. The third-order valence-electron chi connectivity index (χ3n) is 6.02. The van der Waals surface area contributed by atoms with Gasteiger partial charge in [-0.25, -0.2) is 0 Å². The van der Waals surface area contributed by atoms with Crippen LogP contribution in [0, 0.1) is 5.92 Å². The minimum absolute atomic E-state index is 0.00594. The molecule has 0 aliphatic carbocycles. The van der Waals surface area contributed by atoms with Crippen molar-refractivity contribution in [1.29, 1.82) is 0 Å². The predicted octanol–water partition coefficient (Wildman–Crippen LogP) is 5.24. The van der Waals surface area contributed by atoms with Crippen LogP contribution in [0.3, 0.4) is 0 Å². The fourth-order valence-electron chi connectivity index (χ4n) is 4.26. The van der Waals surface area contributed by atoms with Crippen molar-refractivity contribution in [2.75, 3.05) is 27.5 Å². The largest absolute Gasteiger partial charge is 0.492 e. The molecule has 30 heavy (non-hydrogen) atoms. The number of rotatable bonds is 8. The molecular weight excluding hydrogens is 378 g/mol. The first-order chi connectivity index (χ1) is 14.3. The van der Waals surface area contributed by atoms with Crippen LogP contribution in [0.4, 0.5) is 0 Å². The van der Waals surface area contributed by atoms with Crippen molar-refractivity contribution in [1.82, 2.24) is 4.90 Å². The first-order valence-electron chi connectivity index (χ1n) is 10.8. The Bertz CT molecular complexity index is 827. The fraction of sp³-hybridized carbons (Fsp3) is 0.560. The Balaban J connectivity index is 1.91. The highest BCUT2D eigenvalue weighted by atomic mass is 16.7. The van der Waals surface area contributed by atoms with Gasteiger partial charge in [-0.15, -0.1) is 0 Å². The molecule has 2 aliphatic rings. The van der Waals surface area contributed by atoms with Gasteiger partial charge in [0.2, 0.25) is 12.5 Å². The number of hydrogen-bond donors (Lipinski definition) is 0. The summed E-state index contributed by atoms with van der Waals surface area (Å²) in [6.07, 6.45) is 7.30. The van der Waals surface area contributed by atoms with Crippen LogP contribution in [0.15, 0.2) is 29.4 Å². The molecule has 1 aromatic rings. The molecule has 0 saturated heterocycles. The lowest BCUT2D eigenvalue weighted by atomic mass is 9.84. The van der Waals surface area contributed by atoms with Crippen LogP contribution in [-0.4, -0.2) is 38.2 Å². The van der Waals surface area contributed by atoms with Crippen LogP contribution in [0.2, 0.25) is 0 Å². The minimum Gasteiger partial charge on any atom is -0.492 e. The molecule has 0 N–H and O–H groups in total. The molecule has 0 amide bonds. The maximum Gasteiger partial charge on any atom is 0.231 e. The highest BCUT2D eigenvalue weighted by Gasteiger charge is 2.35. The lowest BCUT2D eigenvalue weighted by Gasteiger charge is -2.36. The van der Waals surface area contributed by atoms with Gasteiger partial charge in [-0.1, -0.05) is 23.3 Å². The monoisotopic (exact) mass is 413 g/mol. The quantitative estimate of drug-likeness (QED) is 0.546. The van der Waals surface area contributed by atoms with Crippen molar-refractivity contribution in [3.8, 4) is 17.2 Å². The Morgan fingerprint density at radius 2 is 1.87 bits per heavy atom. The molecule has 0 spiro atoms. The van der Waals surface area contributed by atoms with Gasteiger partial charge in [-0.3, -0.25) is 9.69 Å². The SMILES string of the molecule is COc1c2c(cc3c1C(CC(=O)C(CC=C(C)C)CC=C(C)C)N(C)CC3)OCO2. The minimum atomic E-state index is -0.0217. The van der Waals surface area contributed by atoms with E-state index in [0.29, 0.717) is 18.0 Å². The number of carbonyl (C=O) groups excluding carboxylic acids is 1. The maximum absolute atomic E-state index is 13.4. The second-order valence-corrected chi connectivity index (χ2v) is 8.86. The van der Waals surface area contributed by atoms with E-state index < -0.39 is 0 Å². The van der Waals surface area contributed by atoms with Crippen molar-refractivity contribution in [3.63, 3.8) is 0 Å². The molecule has 0 fully saturated rings. The van der Waals surface area contributed by atoms with Gasteiger partial charge in [0, 0.05) is 30.5 Å². The zero-order chi connectivity index (χ0) is 21.8. The highest BCUT2D eigenvalue weighted by Crippen LogP contribution is 2.50. The topological polar surface area (TPSA) is 48.0 Å². The Hall–Kier alpha value is -2.27. The number of methoxy groups -OCH3 is 1. The van der Waals surface area contributed by atoms with Gasteiger partial charge in [0.15, 0.2) is 11.5 Å². The van der Waals surface area contributed by atoms with E-state index in [1.54, 1.807) is 7.11 Å². The van der Waals surface area contributed by atoms with Crippen LogP contribution >= 0.6 is 0 Å². The number of Topliss-reactive ketones (excluding diaryl/α,β-unsaturated/α-hetero) is 1. The third kappa shape index (κ3) is 4.89. The van der Waals surface area contributed by atoms with Gasteiger partial charge in [0.1, 0.15) is 5.78 Å². The molecule has 1 aromatic carbocycles. The summed E-state index contributed by atoms with van der Waals surface area (Å²) in [6, 6.07) is 2.04. The molecule has 5 heteroatoms. The molecule has 2 heterocycles. The van der Waals surface area contributed by atoms with Crippen LogP contribution < -0.4 is 14.2 Å². The molecule has 0 saturated carbocycles. The summed E-state index contributed by atoms with van der Waals surface area (Å²) in [5, 5.41) is 0. The summed E-state index contributed by atoms with van der Waals surface area (Å²) in [5.41, 5.74) is 4.77. The maximum atomic E-state index is 13.4. The average molecular weight is 414 g/mol. The predicted molar refractivity (Wildman–Crippen MR) is 119 cm³/mol. The number of allylic oxidation sites excluding steroid dienone is 4. The van der Waals surface area contributed by atoms with E-state index in [-0.39, 0.29) is 18.8 Å². The van der Waals surface area contributed by atoms with Crippen molar-refractivity contribution in [2.24, 2.45) is 5.92 Å². The van der Waals surface area contributed by atoms with Crippen LogP contribution in [0.1, 0.15) is 64.1 Å². The smallest absolute Gasteiger partial charge is 0.231 e. The molecule has 0 aromatic heterocycles. The Labute approximate surface area is 180 Å². The summed E-state index contributed by atoms with van der Waals surface area (Å²) in [5.74, 6) is 2.41. The van der Waals surface area contributed by atoms with Gasteiger partial charge < -0.3 is 14.2 Å². The molecular formula is C25H35NO4. The summed E-state index contributed by atoms with van der Waals surface area (Å²) in [4.78, 5) is 15.7. The summed E-state index contributed by atoms with van der Waals surface area (Å²) in [6.45, 7) is 9.45. The van der Waals surface area contributed by atoms with E-state index in [4.69, 9.17) is 14.2 Å². The van der Waals surface area contributed by atoms with Crippen LogP contribution in [-0.2, 0) is 11.2 Å². The molecule has 0 bridgehead atoms. The summed E-state index contributed by atoms with van der Waals surface area (Å²) < 4.78 is 17.1. The Morgan fingerprint density at radius 1 is 1.20 bits per heavy atom. The molecule has 3 rings (SSSR count). The first kappa shape index (κ1) is 22.4. The van der Waals surface area contributed by atoms with E-state index in [0.717, 1.165) is 42.9 Å². The standard InChI is InChI=1S/C25H35NO4/c1-16(2)7-9-18(10-8-17(3)4)21(27)14-20-23-19(11-12-26(20)5)13-22-24(25(23)28-6)30-15-29-22/h7-8,13,18,20H,9-12,14-15H2,1-6H3. The first-order valence-corrected chi connectivity index (χ1v) is 10.8. The van der Waals surface area contributed by atoms with Crippen molar-refractivity contribution < 1.29 is 19.0 Å². The van der Waals surface area contributed by atoms with Crippen molar-refractivity contribution >= 4 is 5.78 Å². The highest BCUT2D eigenvalue weighted by molar-refractivity contribution is 5.82. The lowest BCUT2D eigenvalue weighted by Crippen LogP contribution is -2.35. The van der Waals surface area contributed by atoms with Crippen molar-refractivity contribution in [2.45, 2.75) is 59.4 Å². The number of carbonyl (C=O) groups is 1. The summed E-state index contributed by atoms with van der Waals surface area (Å²) in [7, 11) is 3.75. The number of hydrogen-bond acceptors (Lipinski definition) is 5. The van der Waals surface area contributed by atoms with Crippen LogP contribution in [0.25, 0.3) is 0 Å². The Morgan fingerprint density at radius 3 is 2.47 bits per heavy atom. The zero-order valence-electron chi connectivity index (χ0n) is 19.2. The van der Waals surface area contributed by atoms with Gasteiger partial charge in [-0.05, 0) is 65.6 Å². The van der Waals surface area contributed by atoms with Gasteiger partial charge in [-0.2, -0.15) is 0 Å². The Kier molecular flexibility index (Phi) is 7.24.